The minimum Gasteiger partial charge on any atom is -0.491 e. The summed E-state index contributed by atoms with van der Waals surface area (Å²) in [5.74, 6) is 0.343. The molecule has 0 aliphatic rings. The van der Waals surface area contributed by atoms with Crippen molar-refractivity contribution in [3.8, 4) is 11.6 Å². The molecular weight excluding hydrogens is 359 g/mol. The molecule has 2 rings (SSSR count). The average Bonchev–Trinajstić information content (AvgIpc) is 2.57. The molecule has 1 aromatic heterocycles. The van der Waals surface area contributed by atoms with Crippen molar-refractivity contribution in [1.82, 2.24) is 9.97 Å². The first-order chi connectivity index (χ1) is 12.6. The predicted octanol–water partition coefficient (Wildman–Crippen LogP) is 5.09. The smallest absolute Gasteiger partial charge is 0.423 e. The first-order valence-electron chi connectivity index (χ1n) is 8.65. The summed E-state index contributed by atoms with van der Waals surface area (Å²) < 4.78 is 50.6. The molecule has 0 N–H and O–H groups in total. The number of benzene rings is 1. The van der Waals surface area contributed by atoms with Crippen LogP contribution in [0.15, 0.2) is 30.5 Å². The van der Waals surface area contributed by atoms with Gasteiger partial charge >= 0.3 is 6.18 Å². The summed E-state index contributed by atoms with van der Waals surface area (Å²) in [5.41, 5.74) is -0.306. The predicted molar refractivity (Wildman–Crippen MR) is 97.6 cm³/mol. The van der Waals surface area contributed by atoms with E-state index >= 15 is 0 Å². The standard InChI is InChI=1S/C19H24F3N3O2/c1-12(2)11-26-17-16(19(20,21)22)10-23-18(24-17)25(5)14-7-6-8-15(9-14)27-13(3)4/h6-10,12-13H,11H2,1-5H3. The molecule has 0 saturated carbocycles. The van der Waals surface area contributed by atoms with E-state index in [2.05, 4.69) is 9.97 Å². The van der Waals surface area contributed by atoms with E-state index in [1.54, 1.807) is 30.1 Å². The summed E-state index contributed by atoms with van der Waals surface area (Å²) in [6.45, 7) is 7.64. The fourth-order valence-corrected chi connectivity index (χ4v) is 2.22. The van der Waals surface area contributed by atoms with Crippen LogP contribution in [0.5, 0.6) is 11.6 Å². The van der Waals surface area contributed by atoms with Crippen LogP contribution in [0.3, 0.4) is 0 Å². The Labute approximate surface area is 157 Å². The van der Waals surface area contributed by atoms with Crippen LogP contribution in [-0.4, -0.2) is 29.7 Å². The van der Waals surface area contributed by atoms with E-state index in [0.29, 0.717) is 11.4 Å². The maximum Gasteiger partial charge on any atom is 0.423 e. The van der Waals surface area contributed by atoms with Crippen molar-refractivity contribution in [2.75, 3.05) is 18.6 Å². The summed E-state index contributed by atoms with van der Waals surface area (Å²) in [7, 11) is 1.67. The Hall–Kier alpha value is -2.51. The third-order valence-electron chi connectivity index (χ3n) is 3.48. The summed E-state index contributed by atoms with van der Waals surface area (Å²) in [4.78, 5) is 9.46. The molecule has 8 heteroatoms. The maximum atomic E-state index is 13.2. The van der Waals surface area contributed by atoms with E-state index in [4.69, 9.17) is 9.47 Å². The lowest BCUT2D eigenvalue weighted by molar-refractivity contribution is -0.139. The second-order valence-electron chi connectivity index (χ2n) is 6.81. The van der Waals surface area contributed by atoms with Gasteiger partial charge in [-0.3, -0.25) is 0 Å². The van der Waals surface area contributed by atoms with Gasteiger partial charge in [0, 0.05) is 25.0 Å². The third kappa shape index (κ3) is 5.74. The largest absolute Gasteiger partial charge is 0.491 e. The quantitative estimate of drug-likeness (QED) is 0.667. The molecule has 0 spiro atoms. The zero-order valence-corrected chi connectivity index (χ0v) is 16.0. The molecule has 0 unspecified atom stereocenters. The van der Waals surface area contributed by atoms with Crippen LogP contribution in [0.1, 0.15) is 33.3 Å². The molecule has 0 amide bonds. The second-order valence-corrected chi connectivity index (χ2v) is 6.81. The number of halogens is 3. The highest BCUT2D eigenvalue weighted by Crippen LogP contribution is 2.36. The molecule has 0 aliphatic heterocycles. The number of ether oxygens (including phenoxy) is 2. The highest BCUT2D eigenvalue weighted by atomic mass is 19.4. The van der Waals surface area contributed by atoms with Crippen molar-refractivity contribution in [3.63, 3.8) is 0 Å². The molecule has 0 fully saturated rings. The number of rotatable bonds is 7. The first kappa shape index (κ1) is 20.8. The van der Waals surface area contributed by atoms with Gasteiger partial charge in [0.1, 0.15) is 11.3 Å². The van der Waals surface area contributed by atoms with Gasteiger partial charge in [-0.2, -0.15) is 18.2 Å². The van der Waals surface area contributed by atoms with E-state index < -0.39 is 17.6 Å². The molecule has 0 atom stereocenters. The minimum absolute atomic E-state index is 0.00362. The van der Waals surface area contributed by atoms with Crippen LogP contribution in [0, 0.1) is 5.92 Å². The zero-order chi connectivity index (χ0) is 20.2. The van der Waals surface area contributed by atoms with Gasteiger partial charge in [0.05, 0.1) is 12.7 Å². The van der Waals surface area contributed by atoms with Crippen LogP contribution in [0.4, 0.5) is 24.8 Å². The molecule has 0 bridgehead atoms. The van der Waals surface area contributed by atoms with Gasteiger partial charge < -0.3 is 14.4 Å². The molecule has 27 heavy (non-hydrogen) atoms. The van der Waals surface area contributed by atoms with E-state index in [9.17, 15) is 13.2 Å². The van der Waals surface area contributed by atoms with Gasteiger partial charge in [-0.15, -0.1) is 0 Å². The fourth-order valence-electron chi connectivity index (χ4n) is 2.22. The Bertz CT molecular complexity index is 764. The molecule has 0 aliphatic carbocycles. The van der Waals surface area contributed by atoms with Crippen LogP contribution in [0.2, 0.25) is 0 Å². The Morgan fingerprint density at radius 1 is 1.15 bits per heavy atom. The number of alkyl halides is 3. The number of aromatic nitrogens is 2. The lowest BCUT2D eigenvalue weighted by atomic mass is 10.2. The molecule has 5 nitrogen and oxygen atoms in total. The second kappa shape index (κ2) is 8.45. The highest BCUT2D eigenvalue weighted by Gasteiger charge is 2.36. The van der Waals surface area contributed by atoms with Crippen LogP contribution in [0.25, 0.3) is 0 Å². The highest BCUT2D eigenvalue weighted by molar-refractivity contribution is 5.59. The van der Waals surface area contributed by atoms with Crippen molar-refractivity contribution >= 4 is 11.6 Å². The molecular formula is C19H24F3N3O2. The van der Waals surface area contributed by atoms with Crippen molar-refractivity contribution in [1.29, 1.82) is 0 Å². The molecule has 0 saturated heterocycles. The Kier molecular flexibility index (Phi) is 6.51. The number of hydrogen-bond acceptors (Lipinski definition) is 5. The van der Waals surface area contributed by atoms with Gasteiger partial charge in [-0.1, -0.05) is 19.9 Å². The monoisotopic (exact) mass is 383 g/mol. The topological polar surface area (TPSA) is 47.5 Å². The first-order valence-corrected chi connectivity index (χ1v) is 8.65. The molecule has 2 aromatic rings. The summed E-state index contributed by atoms with van der Waals surface area (Å²) in [6, 6.07) is 7.17. The lowest BCUT2D eigenvalue weighted by Gasteiger charge is -2.21. The van der Waals surface area contributed by atoms with Crippen LogP contribution < -0.4 is 14.4 Å². The van der Waals surface area contributed by atoms with E-state index in [0.717, 1.165) is 6.20 Å². The number of anilines is 2. The Morgan fingerprint density at radius 2 is 1.85 bits per heavy atom. The van der Waals surface area contributed by atoms with Gasteiger partial charge in [0.2, 0.25) is 11.8 Å². The number of nitrogens with zero attached hydrogens (tertiary/aromatic N) is 3. The lowest BCUT2D eigenvalue weighted by Crippen LogP contribution is -2.18. The maximum absolute atomic E-state index is 13.2. The van der Waals surface area contributed by atoms with E-state index in [1.807, 2.05) is 33.8 Å². The molecule has 1 heterocycles. The number of hydrogen-bond donors (Lipinski definition) is 0. The van der Waals surface area contributed by atoms with Gasteiger partial charge in [0.15, 0.2) is 0 Å². The SMILES string of the molecule is CC(C)COc1nc(N(C)c2cccc(OC(C)C)c2)ncc1C(F)(F)F. The van der Waals surface area contributed by atoms with Crippen molar-refractivity contribution in [2.24, 2.45) is 5.92 Å². The zero-order valence-electron chi connectivity index (χ0n) is 16.0. The van der Waals surface area contributed by atoms with Gasteiger partial charge in [-0.25, -0.2) is 4.98 Å². The Balaban J connectivity index is 2.35. The summed E-state index contributed by atoms with van der Waals surface area (Å²) >= 11 is 0. The fraction of sp³-hybridized carbons (Fsp3) is 0.474. The minimum atomic E-state index is -4.59. The third-order valence-corrected chi connectivity index (χ3v) is 3.48. The summed E-state index contributed by atoms with van der Waals surface area (Å²) in [5, 5.41) is 0. The molecule has 0 radical (unpaired) electrons. The average molecular weight is 383 g/mol. The molecule has 148 valence electrons. The van der Waals surface area contributed by atoms with Gasteiger partial charge in [0.25, 0.3) is 0 Å². The van der Waals surface area contributed by atoms with Crippen LogP contribution >= 0.6 is 0 Å². The molecule has 1 aromatic carbocycles. The van der Waals surface area contributed by atoms with E-state index in [1.165, 1.54) is 0 Å². The Morgan fingerprint density at radius 3 is 2.44 bits per heavy atom. The van der Waals surface area contributed by atoms with Crippen molar-refractivity contribution in [3.05, 3.63) is 36.0 Å². The van der Waals surface area contributed by atoms with Gasteiger partial charge in [-0.05, 0) is 31.9 Å². The van der Waals surface area contributed by atoms with E-state index in [-0.39, 0.29) is 24.6 Å². The summed E-state index contributed by atoms with van der Waals surface area (Å²) in [6.07, 6.45) is -3.83. The van der Waals surface area contributed by atoms with Crippen LogP contribution in [-0.2, 0) is 6.18 Å². The normalized spacial score (nSPS) is 11.8. The van der Waals surface area contributed by atoms with Crippen molar-refractivity contribution < 1.29 is 22.6 Å². The van der Waals surface area contributed by atoms with Crippen molar-refractivity contribution in [2.45, 2.75) is 40.0 Å².